The van der Waals surface area contributed by atoms with Gasteiger partial charge in [0.25, 0.3) is 0 Å². The Kier molecular flexibility index (Phi) is 6.11. The number of carboxylic acids is 1. The number of amides is 1. The van der Waals surface area contributed by atoms with Crippen LogP contribution in [0.25, 0.3) is 11.3 Å². The Morgan fingerprint density at radius 3 is 2.50 bits per heavy atom. The van der Waals surface area contributed by atoms with Crippen LogP contribution >= 0.6 is 11.6 Å². The van der Waals surface area contributed by atoms with Crippen LogP contribution in [0.5, 0.6) is 0 Å². The highest BCUT2D eigenvalue weighted by Crippen LogP contribution is 2.24. The number of benzene rings is 2. The molecule has 2 N–H and O–H groups in total. The first kappa shape index (κ1) is 19.6. The maximum Gasteiger partial charge on any atom is 0.303 e. The van der Waals surface area contributed by atoms with Gasteiger partial charge in [-0.1, -0.05) is 17.7 Å². The molecule has 5 nitrogen and oxygen atoms in total. The summed E-state index contributed by atoms with van der Waals surface area (Å²) in [6, 6.07) is 16.3. The molecule has 0 bridgehead atoms. The first-order valence-corrected chi connectivity index (χ1v) is 9.02. The number of nitrogens with one attached hydrogen (secondary N) is 1. The zero-order chi connectivity index (χ0) is 20.1. The summed E-state index contributed by atoms with van der Waals surface area (Å²) in [5.41, 5.74) is 2.73. The molecule has 3 aromatic rings. The molecule has 0 spiro atoms. The van der Waals surface area contributed by atoms with Gasteiger partial charge in [-0.3, -0.25) is 9.59 Å². The summed E-state index contributed by atoms with van der Waals surface area (Å²) in [6.07, 6.45) is 0.226. The molecule has 28 heavy (non-hydrogen) atoms. The third-order valence-electron chi connectivity index (χ3n) is 4.22. The predicted molar refractivity (Wildman–Crippen MR) is 106 cm³/mol. The molecule has 0 saturated carbocycles. The molecule has 0 aliphatic heterocycles. The standard InChI is InChI=1S/C21H18ClFN2O3/c22-15-2-1-3-17(12-15)24-20(26)13-25-18(9-11-21(27)28)8-10-19(25)14-4-6-16(23)7-5-14/h1-8,10,12H,9,11,13H2,(H,24,26)(H,27,28). The molecular formula is C21H18ClFN2O3. The van der Waals surface area contributed by atoms with Gasteiger partial charge in [-0.15, -0.1) is 0 Å². The number of hydrogen-bond acceptors (Lipinski definition) is 2. The average Bonchev–Trinajstić information content (AvgIpc) is 3.03. The first-order valence-electron chi connectivity index (χ1n) is 8.64. The third kappa shape index (κ3) is 4.98. The molecule has 1 aromatic heterocycles. The molecule has 2 aromatic carbocycles. The smallest absolute Gasteiger partial charge is 0.303 e. The molecule has 3 rings (SSSR count). The lowest BCUT2D eigenvalue weighted by molar-refractivity contribution is -0.137. The lowest BCUT2D eigenvalue weighted by Gasteiger charge is -2.14. The quantitative estimate of drug-likeness (QED) is 0.608. The Bertz CT molecular complexity index is 999. The Hall–Kier alpha value is -3.12. The Morgan fingerprint density at radius 1 is 1.07 bits per heavy atom. The van der Waals surface area contributed by atoms with Gasteiger partial charge in [-0.2, -0.15) is 0 Å². The van der Waals surface area contributed by atoms with Gasteiger partial charge in [0.05, 0.1) is 6.42 Å². The van der Waals surface area contributed by atoms with Crippen molar-refractivity contribution in [1.82, 2.24) is 4.57 Å². The van der Waals surface area contributed by atoms with Crippen LogP contribution in [0, 0.1) is 5.82 Å². The number of carbonyl (C=O) groups excluding carboxylic acids is 1. The van der Waals surface area contributed by atoms with Crippen molar-refractivity contribution in [1.29, 1.82) is 0 Å². The minimum atomic E-state index is -0.917. The molecule has 0 fully saturated rings. The SMILES string of the molecule is O=C(O)CCc1ccc(-c2ccc(F)cc2)n1CC(=O)Nc1cccc(Cl)c1. The summed E-state index contributed by atoms with van der Waals surface area (Å²) in [7, 11) is 0. The number of aliphatic carboxylic acids is 1. The van der Waals surface area contributed by atoms with Crippen LogP contribution in [-0.4, -0.2) is 21.6 Å². The molecule has 0 saturated heterocycles. The summed E-state index contributed by atoms with van der Waals surface area (Å²) in [5.74, 6) is -1.55. The van der Waals surface area contributed by atoms with Gasteiger partial charge < -0.3 is 15.0 Å². The van der Waals surface area contributed by atoms with Crippen LogP contribution in [0.1, 0.15) is 12.1 Å². The fourth-order valence-electron chi connectivity index (χ4n) is 2.93. The number of aromatic nitrogens is 1. The number of anilines is 1. The highest BCUT2D eigenvalue weighted by molar-refractivity contribution is 6.30. The molecule has 0 atom stereocenters. The zero-order valence-corrected chi connectivity index (χ0v) is 15.6. The normalized spacial score (nSPS) is 10.6. The first-order chi connectivity index (χ1) is 13.4. The number of carboxylic acid groups (broad SMARTS) is 1. The highest BCUT2D eigenvalue weighted by atomic mass is 35.5. The Labute approximate surface area is 166 Å². The van der Waals surface area contributed by atoms with Crippen molar-refractivity contribution < 1.29 is 19.1 Å². The number of hydrogen-bond donors (Lipinski definition) is 2. The van der Waals surface area contributed by atoms with Gasteiger partial charge >= 0.3 is 5.97 Å². The van der Waals surface area contributed by atoms with Crippen LogP contribution in [0.3, 0.4) is 0 Å². The molecule has 0 unspecified atom stereocenters. The Morgan fingerprint density at radius 2 is 1.82 bits per heavy atom. The van der Waals surface area contributed by atoms with Gasteiger partial charge in [-0.05, 0) is 66.6 Å². The van der Waals surface area contributed by atoms with Crippen LogP contribution in [0.4, 0.5) is 10.1 Å². The molecular weight excluding hydrogens is 383 g/mol. The molecule has 7 heteroatoms. The van der Waals surface area contributed by atoms with Crippen molar-refractivity contribution in [3.05, 3.63) is 77.2 Å². The number of nitrogens with zero attached hydrogens (tertiary/aromatic N) is 1. The molecule has 144 valence electrons. The Balaban J connectivity index is 1.87. The highest BCUT2D eigenvalue weighted by Gasteiger charge is 2.15. The van der Waals surface area contributed by atoms with E-state index in [0.717, 1.165) is 5.56 Å². The van der Waals surface area contributed by atoms with E-state index in [-0.39, 0.29) is 31.1 Å². The van der Waals surface area contributed by atoms with E-state index in [2.05, 4.69) is 5.32 Å². The summed E-state index contributed by atoms with van der Waals surface area (Å²) >= 11 is 5.94. The number of aryl methyl sites for hydroxylation is 1. The summed E-state index contributed by atoms with van der Waals surface area (Å²) in [4.78, 5) is 23.5. The van der Waals surface area contributed by atoms with Crippen molar-refractivity contribution in [3.8, 4) is 11.3 Å². The summed E-state index contributed by atoms with van der Waals surface area (Å²) in [5, 5.41) is 12.3. The maximum atomic E-state index is 13.3. The summed E-state index contributed by atoms with van der Waals surface area (Å²) < 4.78 is 15.0. The fourth-order valence-corrected chi connectivity index (χ4v) is 3.12. The monoisotopic (exact) mass is 400 g/mol. The van der Waals surface area contributed by atoms with Crippen molar-refractivity contribution >= 4 is 29.2 Å². The largest absolute Gasteiger partial charge is 0.481 e. The van der Waals surface area contributed by atoms with Gasteiger partial charge in [0, 0.05) is 22.1 Å². The second-order valence-corrected chi connectivity index (χ2v) is 6.69. The number of halogens is 2. The van der Waals surface area contributed by atoms with Crippen molar-refractivity contribution in [2.45, 2.75) is 19.4 Å². The van der Waals surface area contributed by atoms with E-state index in [1.165, 1.54) is 12.1 Å². The van der Waals surface area contributed by atoms with E-state index in [1.807, 2.05) is 0 Å². The molecule has 0 radical (unpaired) electrons. The van der Waals surface area contributed by atoms with Crippen LogP contribution in [0.15, 0.2) is 60.7 Å². The molecule has 0 aliphatic carbocycles. The van der Waals surface area contributed by atoms with Gasteiger partial charge in [0.2, 0.25) is 5.91 Å². The van der Waals surface area contributed by atoms with Gasteiger partial charge in [0.15, 0.2) is 0 Å². The third-order valence-corrected chi connectivity index (χ3v) is 4.45. The molecule has 0 aliphatic rings. The minimum Gasteiger partial charge on any atom is -0.481 e. The van der Waals surface area contributed by atoms with E-state index >= 15 is 0 Å². The lowest BCUT2D eigenvalue weighted by atomic mass is 10.1. The van der Waals surface area contributed by atoms with E-state index in [4.69, 9.17) is 16.7 Å². The predicted octanol–water partition coefficient (Wildman–Crippen LogP) is 4.60. The van der Waals surface area contributed by atoms with E-state index in [1.54, 1.807) is 53.1 Å². The topological polar surface area (TPSA) is 71.3 Å². The van der Waals surface area contributed by atoms with Crippen LogP contribution in [0.2, 0.25) is 5.02 Å². The van der Waals surface area contributed by atoms with Crippen molar-refractivity contribution in [2.75, 3.05) is 5.32 Å². The van der Waals surface area contributed by atoms with E-state index in [0.29, 0.717) is 22.1 Å². The second-order valence-electron chi connectivity index (χ2n) is 6.26. The second kappa shape index (κ2) is 8.71. The van der Waals surface area contributed by atoms with E-state index < -0.39 is 5.97 Å². The summed E-state index contributed by atoms with van der Waals surface area (Å²) in [6.45, 7) is -0.0127. The van der Waals surface area contributed by atoms with E-state index in [9.17, 15) is 14.0 Å². The molecule has 1 amide bonds. The van der Waals surface area contributed by atoms with Crippen molar-refractivity contribution in [2.24, 2.45) is 0 Å². The maximum absolute atomic E-state index is 13.3. The number of rotatable bonds is 7. The van der Waals surface area contributed by atoms with Crippen molar-refractivity contribution in [3.63, 3.8) is 0 Å². The number of carbonyl (C=O) groups is 2. The van der Waals surface area contributed by atoms with Crippen LogP contribution in [-0.2, 0) is 22.6 Å². The lowest BCUT2D eigenvalue weighted by Crippen LogP contribution is -2.21. The average molecular weight is 401 g/mol. The van der Waals surface area contributed by atoms with Gasteiger partial charge in [0.1, 0.15) is 12.4 Å². The fraction of sp³-hybridized carbons (Fsp3) is 0.143. The zero-order valence-electron chi connectivity index (χ0n) is 14.9. The van der Waals surface area contributed by atoms with Crippen LogP contribution < -0.4 is 5.32 Å². The minimum absolute atomic E-state index is 0.0127. The van der Waals surface area contributed by atoms with Gasteiger partial charge in [-0.25, -0.2) is 4.39 Å². The molecule has 1 heterocycles.